The molecule has 1 saturated heterocycles. The molecule has 1 rings (SSSR count). The molecule has 0 aromatic carbocycles. The molecule has 13 heavy (non-hydrogen) atoms. The minimum Gasteiger partial charge on any atom is -0.468 e. The lowest BCUT2D eigenvalue weighted by Gasteiger charge is -2.04. The Bertz CT molecular complexity index is 177. The van der Waals surface area contributed by atoms with Gasteiger partial charge in [-0.25, -0.2) is 0 Å². The molecule has 1 heterocycles. The first-order chi connectivity index (χ1) is 6.07. The first-order valence-corrected chi connectivity index (χ1v) is 4.73. The minimum atomic E-state index is -0.132. The maximum Gasteiger partial charge on any atom is 0.322 e. The summed E-state index contributed by atoms with van der Waals surface area (Å²) in [6, 6.07) is -0.0324. The molecule has 0 saturated carbocycles. The normalized spacial score (nSPS) is 20.0. The molecule has 0 spiro atoms. The molecule has 0 aliphatic carbocycles. The Morgan fingerprint density at radius 3 is 2.62 bits per heavy atom. The zero-order valence-electron chi connectivity index (χ0n) is 7.45. The first-order valence-electron chi connectivity index (χ1n) is 3.87. The molecule has 0 aromatic heterocycles. The average molecular weight is 222 g/mol. The second-order valence-corrected chi connectivity index (χ2v) is 3.73. The lowest BCUT2D eigenvalue weighted by molar-refractivity contribution is -0.142. The molecule has 1 aliphatic heterocycles. The van der Waals surface area contributed by atoms with Gasteiger partial charge in [0.05, 0.1) is 7.11 Å². The third-order valence-corrected chi connectivity index (χ3v) is 1.55. The van der Waals surface area contributed by atoms with Gasteiger partial charge in [0, 0.05) is 0 Å². The van der Waals surface area contributed by atoms with Crippen LogP contribution in [0.3, 0.4) is 0 Å². The minimum absolute atomic E-state index is 0.0324. The van der Waals surface area contributed by atoms with E-state index < -0.39 is 0 Å². The Hall–Kier alpha value is -0.330. The number of nitrogens with two attached hydrogens (primary N) is 1. The van der Waals surface area contributed by atoms with E-state index in [4.69, 9.17) is 5.73 Å². The van der Waals surface area contributed by atoms with Crippen molar-refractivity contribution in [3.8, 4) is 0 Å². The second kappa shape index (κ2) is 7.11. The van der Waals surface area contributed by atoms with Gasteiger partial charge < -0.3 is 15.8 Å². The molecule has 0 amide bonds. The lowest BCUT2D eigenvalue weighted by Crippen LogP contribution is -2.31. The van der Waals surface area contributed by atoms with Crippen LogP contribution in [-0.4, -0.2) is 30.0 Å². The van der Waals surface area contributed by atoms with Crippen LogP contribution in [0.4, 0.5) is 0 Å². The Morgan fingerprint density at radius 1 is 1.77 bits per heavy atom. The summed E-state index contributed by atoms with van der Waals surface area (Å²) in [7, 11) is 1.42. The highest BCUT2D eigenvalue weighted by atomic mass is 32.1. The van der Waals surface area contributed by atoms with Gasteiger partial charge in [0.15, 0.2) is 0 Å². The van der Waals surface area contributed by atoms with Crippen LogP contribution in [0, 0.1) is 0 Å². The van der Waals surface area contributed by atoms with E-state index in [1.54, 1.807) is 0 Å². The number of thiocarbonyl (C=S) groups is 1. The summed E-state index contributed by atoms with van der Waals surface area (Å²) in [6.07, 6.45) is 2.01. The molecular weight excluding hydrogens is 208 g/mol. The van der Waals surface area contributed by atoms with E-state index in [2.05, 4.69) is 34.9 Å². The summed E-state index contributed by atoms with van der Waals surface area (Å²) in [4.78, 5) is 10.7. The third-order valence-electron chi connectivity index (χ3n) is 1.55. The fraction of sp³-hybridized carbons (Fsp3) is 0.714. The van der Waals surface area contributed by atoms with E-state index in [0.29, 0.717) is 0 Å². The Balaban J connectivity index is 0.000000310. The van der Waals surface area contributed by atoms with Crippen LogP contribution in [0.15, 0.2) is 0 Å². The molecule has 1 fully saturated rings. The second-order valence-electron chi connectivity index (χ2n) is 2.51. The highest BCUT2D eigenvalue weighted by Crippen LogP contribution is 2.05. The van der Waals surface area contributed by atoms with Crippen LogP contribution in [-0.2, 0) is 9.53 Å². The molecular formula is C7H14N2O2S2. The van der Waals surface area contributed by atoms with E-state index in [1.807, 2.05) is 0 Å². The number of methoxy groups -OCH3 is 1. The topological polar surface area (TPSA) is 64.3 Å². The van der Waals surface area contributed by atoms with E-state index >= 15 is 0 Å². The summed E-state index contributed by atoms with van der Waals surface area (Å²) in [5, 5.41) is 3.03. The number of carbonyl (C=O) groups excluding carboxylic acids is 1. The van der Waals surface area contributed by atoms with Gasteiger partial charge in [-0.1, -0.05) is 12.2 Å². The van der Waals surface area contributed by atoms with Crippen molar-refractivity contribution < 1.29 is 9.53 Å². The van der Waals surface area contributed by atoms with Crippen molar-refractivity contribution in [3.05, 3.63) is 0 Å². The van der Waals surface area contributed by atoms with Gasteiger partial charge in [0.25, 0.3) is 0 Å². The van der Waals surface area contributed by atoms with Crippen LogP contribution in [0.2, 0.25) is 0 Å². The van der Waals surface area contributed by atoms with Gasteiger partial charge in [-0.15, -0.1) is 12.6 Å². The molecule has 1 atom stereocenters. The van der Waals surface area contributed by atoms with Crippen LogP contribution >= 0.6 is 24.8 Å². The third kappa shape index (κ3) is 6.80. The number of hydrogen-bond acceptors (Lipinski definition) is 4. The van der Waals surface area contributed by atoms with E-state index in [9.17, 15) is 4.79 Å². The number of hydrogen-bond donors (Lipinski definition) is 3. The van der Waals surface area contributed by atoms with Crippen LogP contribution in [0.5, 0.6) is 0 Å². The van der Waals surface area contributed by atoms with Crippen molar-refractivity contribution in [1.29, 1.82) is 0 Å². The summed E-state index contributed by atoms with van der Waals surface area (Å²) in [5.41, 5.74) is 4.71. The van der Waals surface area contributed by atoms with Crippen molar-refractivity contribution >= 4 is 35.1 Å². The van der Waals surface area contributed by atoms with Crippen molar-refractivity contribution in [3.63, 3.8) is 0 Å². The van der Waals surface area contributed by atoms with Crippen molar-refractivity contribution in [2.45, 2.75) is 18.9 Å². The average Bonchev–Trinajstić information content (AvgIpc) is 2.54. The smallest absolute Gasteiger partial charge is 0.322 e. The zero-order valence-corrected chi connectivity index (χ0v) is 9.16. The quantitative estimate of drug-likeness (QED) is 0.333. The van der Waals surface area contributed by atoms with Crippen molar-refractivity contribution in [2.24, 2.45) is 5.73 Å². The van der Waals surface area contributed by atoms with E-state index in [-0.39, 0.29) is 16.3 Å². The summed E-state index contributed by atoms with van der Waals surface area (Å²) >= 11 is 7.65. The first kappa shape index (κ1) is 12.7. The van der Waals surface area contributed by atoms with E-state index in [0.717, 1.165) is 19.4 Å². The molecule has 0 unspecified atom stereocenters. The number of thiol groups is 1. The van der Waals surface area contributed by atoms with Gasteiger partial charge in [0.1, 0.15) is 10.4 Å². The largest absolute Gasteiger partial charge is 0.468 e. The molecule has 0 aromatic rings. The van der Waals surface area contributed by atoms with Gasteiger partial charge in [0.2, 0.25) is 0 Å². The highest BCUT2D eigenvalue weighted by molar-refractivity contribution is 8.10. The van der Waals surface area contributed by atoms with E-state index in [1.165, 1.54) is 7.11 Å². The predicted octanol–water partition coefficient (Wildman–Crippen LogP) is 0.0712. The molecule has 4 nitrogen and oxygen atoms in total. The SMILES string of the molecule is COC(=O)[C@@H]1CCCN1.NC(=S)S. The Labute approximate surface area is 88.6 Å². The van der Waals surface area contributed by atoms with Gasteiger partial charge in [-0.05, 0) is 19.4 Å². The molecule has 0 radical (unpaired) electrons. The number of nitrogens with one attached hydrogen (secondary N) is 1. The fourth-order valence-electron chi connectivity index (χ4n) is 1.03. The van der Waals surface area contributed by atoms with Gasteiger partial charge in [-0.3, -0.25) is 4.79 Å². The number of ether oxygens (including phenoxy) is 1. The van der Waals surface area contributed by atoms with Crippen molar-refractivity contribution in [1.82, 2.24) is 5.32 Å². The molecule has 6 heteroatoms. The Kier molecular flexibility index (Phi) is 6.93. The monoisotopic (exact) mass is 222 g/mol. The van der Waals surface area contributed by atoms with Crippen LogP contribution < -0.4 is 11.1 Å². The predicted molar refractivity (Wildman–Crippen MR) is 58.8 cm³/mol. The maximum absolute atomic E-state index is 10.7. The molecule has 3 N–H and O–H groups in total. The highest BCUT2D eigenvalue weighted by Gasteiger charge is 2.21. The van der Waals surface area contributed by atoms with Crippen molar-refractivity contribution in [2.75, 3.05) is 13.7 Å². The maximum atomic E-state index is 10.7. The molecule has 76 valence electrons. The summed E-state index contributed by atoms with van der Waals surface area (Å²) < 4.78 is 4.73. The molecule has 0 bridgehead atoms. The number of carbonyl (C=O) groups is 1. The van der Waals surface area contributed by atoms with Gasteiger partial charge in [-0.2, -0.15) is 0 Å². The van der Waals surface area contributed by atoms with Crippen LogP contribution in [0.1, 0.15) is 12.8 Å². The summed E-state index contributed by atoms with van der Waals surface area (Å²) in [6.45, 7) is 0.944. The molecule has 1 aliphatic rings. The van der Waals surface area contributed by atoms with Gasteiger partial charge >= 0.3 is 5.97 Å². The number of rotatable bonds is 1. The fourth-order valence-corrected chi connectivity index (χ4v) is 1.03. The summed E-state index contributed by atoms with van der Waals surface area (Å²) in [5.74, 6) is -0.132. The zero-order chi connectivity index (χ0) is 10.3. The standard InChI is InChI=1S/C6H11NO2.CH3NS2/c1-9-6(8)5-3-2-4-7-5;2-1(3)4/h5,7H,2-4H2,1H3;(H3,2,3,4)/t5-;/m0./s1. The van der Waals surface area contributed by atoms with Crippen LogP contribution in [0.25, 0.3) is 0 Å². The lowest BCUT2D eigenvalue weighted by atomic mass is 10.2. The Morgan fingerprint density at radius 2 is 2.31 bits per heavy atom. The number of esters is 1.